The minimum absolute atomic E-state index is 0.0406. The highest BCUT2D eigenvalue weighted by atomic mass is 35.5. The molecule has 106 valence electrons. The second-order valence-corrected chi connectivity index (χ2v) is 5.48. The summed E-state index contributed by atoms with van der Waals surface area (Å²) in [5.74, 6) is -0.0644. The first-order chi connectivity index (χ1) is 9.40. The van der Waals surface area contributed by atoms with Crippen molar-refractivity contribution in [3.05, 3.63) is 46.7 Å². The SMILES string of the molecule is Cc1cc(C(=O)N(c2ccc(Cl)cc2)C(C)C)n(C)n1. The number of aromatic nitrogens is 2. The number of carbonyl (C=O) groups excluding carboxylic acids is 1. The van der Waals surface area contributed by atoms with Crippen LogP contribution in [-0.4, -0.2) is 21.7 Å². The van der Waals surface area contributed by atoms with E-state index in [-0.39, 0.29) is 11.9 Å². The molecule has 0 saturated heterocycles. The standard InChI is InChI=1S/C15H18ClN3O/c1-10(2)19(13-7-5-12(16)6-8-13)15(20)14-9-11(3)17-18(14)4/h5-10H,1-4H3. The number of nitrogens with zero attached hydrogens (tertiary/aromatic N) is 3. The van der Waals surface area contributed by atoms with E-state index < -0.39 is 0 Å². The van der Waals surface area contributed by atoms with E-state index in [2.05, 4.69) is 5.10 Å². The Balaban J connectivity index is 2.41. The monoisotopic (exact) mass is 291 g/mol. The zero-order valence-corrected chi connectivity index (χ0v) is 12.8. The molecular weight excluding hydrogens is 274 g/mol. The summed E-state index contributed by atoms with van der Waals surface area (Å²) in [5.41, 5.74) is 2.23. The van der Waals surface area contributed by atoms with Crippen molar-refractivity contribution in [2.75, 3.05) is 4.90 Å². The normalized spacial score (nSPS) is 10.9. The second kappa shape index (κ2) is 5.67. The van der Waals surface area contributed by atoms with Gasteiger partial charge in [-0.05, 0) is 51.1 Å². The lowest BCUT2D eigenvalue weighted by Gasteiger charge is -2.26. The minimum atomic E-state index is -0.0644. The van der Waals surface area contributed by atoms with Crippen LogP contribution in [0.25, 0.3) is 0 Å². The first-order valence-electron chi connectivity index (χ1n) is 6.50. The van der Waals surface area contributed by atoms with Gasteiger partial charge in [0, 0.05) is 23.8 Å². The highest BCUT2D eigenvalue weighted by molar-refractivity contribution is 6.30. The molecule has 1 aromatic carbocycles. The van der Waals surface area contributed by atoms with Crippen LogP contribution in [-0.2, 0) is 7.05 Å². The number of hydrogen-bond donors (Lipinski definition) is 0. The number of rotatable bonds is 3. The molecule has 0 radical (unpaired) electrons. The Hall–Kier alpha value is -1.81. The second-order valence-electron chi connectivity index (χ2n) is 5.04. The first kappa shape index (κ1) is 14.6. The Kier molecular flexibility index (Phi) is 4.14. The summed E-state index contributed by atoms with van der Waals surface area (Å²) >= 11 is 5.90. The minimum Gasteiger partial charge on any atom is -0.305 e. The summed E-state index contributed by atoms with van der Waals surface area (Å²) in [6.07, 6.45) is 0. The molecule has 0 bridgehead atoms. The predicted molar refractivity (Wildman–Crippen MR) is 81.3 cm³/mol. The molecule has 2 aromatic rings. The molecule has 20 heavy (non-hydrogen) atoms. The van der Waals surface area contributed by atoms with E-state index in [1.165, 1.54) is 0 Å². The number of carbonyl (C=O) groups is 1. The largest absolute Gasteiger partial charge is 0.305 e. The fourth-order valence-corrected chi connectivity index (χ4v) is 2.31. The molecule has 0 fully saturated rings. The van der Waals surface area contributed by atoms with E-state index >= 15 is 0 Å². The molecule has 5 heteroatoms. The van der Waals surface area contributed by atoms with E-state index in [0.29, 0.717) is 10.7 Å². The number of halogens is 1. The smallest absolute Gasteiger partial charge is 0.276 e. The van der Waals surface area contributed by atoms with Gasteiger partial charge in [-0.15, -0.1) is 0 Å². The summed E-state index contributed by atoms with van der Waals surface area (Å²) in [5, 5.41) is 4.88. The van der Waals surface area contributed by atoms with Crippen LogP contribution in [0.5, 0.6) is 0 Å². The lowest BCUT2D eigenvalue weighted by molar-refractivity contribution is 0.0971. The van der Waals surface area contributed by atoms with Gasteiger partial charge in [0.25, 0.3) is 5.91 Å². The third-order valence-corrected chi connectivity index (χ3v) is 3.31. The topological polar surface area (TPSA) is 38.1 Å². The van der Waals surface area contributed by atoms with Crippen LogP contribution in [0, 0.1) is 6.92 Å². The number of anilines is 1. The van der Waals surface area contributed by atoms with Crippen LogP contribution in [0.2, 0.25) is 5.02 Å². The summed E-state index contributed by atoms with van der Waals surface area (Å²) in [7, 11) is 1.78. The fraction of sp³-hybridized carbons (Fsp3) is 0.333. The van der Waals surface area contributed by atoms with E-state index in [9.17, 15) is 4.79 Å². The average molecular weight is 292 g/mol. The van der Waals surface area contributed by atoms with Gasteiger partial charge in [-0.1, -0.05) is 11.6 Å². The third kappa shape index (κ3) is 2.85. The summed E-state index contributed by atoms with van der Waals surface area (Å²) < 4.78 is 1.61. The molecule has 0 aliphatic carbocycles. The number of benzene rings is 1. The van der Waals surface area contributed by atoms with E-state index in [4.69, 9.17) is 11.6 Å². The molecule has 4 nitrogen and oxygen atoms in total. The molecule has 0 aliphatic heterocycles. The van der Waals surface area contributed by atoms with Gasteiger partial charge >= 0.3 is 0 Å². The number of amides is 1. The van der Waals surface area contributed by atoms with Gasteiger partial charge in [0.1, 0.15) is 5.69 Å². The first-order valence-corrected chi connectivity index (χ1v) is 6.87. The van der Waals surface area contributed by atoms with Crippen molar-refractivity contribution in [2.45, 2.75) is 26.8 Å². The maximum Gasteiger partial charge on any atom is 0.276 e. The summed E-state index contributed by atoms with van der Waals surface area (Å²) in [6.45, 7) is 5.84. The Morgan fingerprint density at radius 2 is 1.90 bits per heavy atom. The number of hydrogen-bond acceptors (Lipinski definition) is 2. The number of aryl methyl sites for hydroxylation is 2. The van der Waals surface area contributed by atoms with Crippen LogP contribution in [0.4, 0.5) is 5.69 Å². The van der Waals surface area contributed by atoms with Crippen molar-refractivity contribution in [1.82, 2.24) is 9.78 Å². The Labute approximate surface area is 124 Å². The van der Waals surface area contributed by atoms with Gasteiger partial charge in [-0.25, -0.2) is 0 Å². The van der Waals surface area contributed by atoms with E-state index in [0.717, 1.165) is 11.4 Å². The molecule has 1 amide bonds. The molecule has 0 atom stereocenters. The van der Waals surface area contributed by atoms with E-state index in [1.807, 2.05) is 32.9 Å². The molecule has 0 unspecified atom stereocenters. The van der Waals surface area contributed by atoms with Gasteiger partial charge in [0.05, 0.1) is 5.69 Å². The van der Waals surface area contributed by atoms with E-state index in [1.54, 1.807) is 34.8 Å². The van der Waals surface area contributed by atoms with Gasteiger partial charge in [0.15, 0.2) is 0 Å². The molecule has 0 spiro atoms. The van der Waals surface area contributed by atoms with Crippen molar-refractivity contribution in [2.24, 2.45) is 7.05 Å². The third-order valence-electron chi connectivity index (χ3n) is 3.06. The summed E-state index contributed by atoms with van der Waals surface area (Å²) in [4.78, 5) is 14.5. The highest BCUT2D eigenvalue weighted by Gasteiger charge is 2.23. The maximum absolute atomic E-state index is 12.7. The summed E-state index contributed by atoms with van der Waals surface area (Å²) in [6, 6.07) is 9.11. The van der Waals surface area contributed by atoms with Crippen LogP contribution < -0.4 is 4.90 Å². The van der Waals surface area contributed by atoms with Gasteiger partial charge in [0.2, 0.25) is 0 Å². The Morgan fingerprint density at radius 3 is 2.35 bits per heavy atom. The lowest BCUT2D eigenvalue weighted by Crippen LogP contribution is -2.38. The maximum atomic E-state index is 12.7. The van der Waals surface area contributed by atoms with Crippen molar-refractivity contribution < 1.29 is 4.79 Å². The Bertz CT molecular complexity index is 617. The van der Waals surface area contributed by atoms with Gasteiger partial charge in [-0.2, -0.15) is 5.10 Å². The van der Waals surface area contributed by atoms with Crippen molar-refractivity contribution in [1.29, 1.82) is 0 Å². The van der Waals surface area contributed by atoms with Crippen molar-refractivity contribution in [3.8, 4) is 0 Å². The lowest BCUT2D eigenvalue weighted by atomic mass is 10.2. The Morgan fingerprint density at radius 1 is 1.30 bits per heavy atom. The predicted octanol–water partition coefficient (Wildman–Crippen LogP) is 3.44. The van der Waals surface area contributed by atoms with Crippen molar-refractivity contribution in [3.63, 3.8) is 0 Å². The van der Waals surface area contributed by atoms with Crippen LogP contribution in [0.1, 0.15) is 30.0 Å². The van der Waals surface area contributed by atoms with Gasteiger partial charge in [-0.3, -0.25) is 9.48 Å². The van der Waals surface area contributed by atoms with Crippen molar-refractivity contribution >= 4 is 23.2 Å². The zero-order chi connectivity index (χ0) is 14.9. The highest BCUT2D eigenvalue weighted by Crippen LogP contribution is 2.22. The van der Waals surface area contributed by atoms with Crippen LogP contribution in [0.15, 0.2) is 30.3 Å². The zero-order valence-electron chi connectivity index (χ0n) is 12.1. The molecule has 1 aromatic heterocycles. The molecule has 2 rings (SSSR count). The molecule has 1 heterocycles. The molecular formula is C15H18ClN3O. The van der Waals surface area contributed by atoms with Gasteiger partial charge < -0.3 is 4.90 Å². The van der Waals surface area contributed by atoms with Crippen LogP contribution in [0.3, 0.4) is 0 Å². The molecule has 0 N–H and O–H groups in total. The quantitative estimate of drug-likeness (QED) is 0.869. The fourth-order valence-electron chi connectivity index (χ4n) is 2.19. The van der Waals surface area contributed by atoms with Crippen LogP contribution >= 0.6 is 11.6 Å². The molecule has 0 saturated carbocycles. The average Bonchev–Trinajstić information content (AvgIpc) is 2.70. The molecule has 0 aliphatic rings.